The first-order valence-electron chi connectivity index (χ1n) is 6.80. The minimum atomic E-state index is -0.162. The van der Waals surface area contributed by atoms with E-state index in [9.17, 15) is 0 Å². The van der Waals surface area contributed by atoms with Crippen molar-refractivity contribution in [2.45, 2.75) is 6.92 Å². The van der Waals surface area contributed by atoms with Gasteiger partial charge in [0, 0.05) is 0 Å². The number of aliphatic hydroxyl groups excluding tert-OH is 1. The Morgan fingerprint density at radius 2 is 1.76 bits per heavy atom. The number of hydrogen-bond acceptors (Lipinski definition) is 3. The molecule has 0 bridgehead atoms. The molecular weight excluding hydrogens is 264 g/mol. The van der Waals surface area contributed by atoms with Gasteiger partial charge in [0.15, 0.2) is 0 Å². The lowest BCUT2D eigenvalue weighted by Gasteiger charge is -2.10. The van der Waals surface area contributed by atoms with Crippen LogP contribution in [0, 0.1) is 18.8 Å². The lowest BCUT2D eigenvalue weighted by molar-refractivity contribution is 0.217. The summed E-state index contributed by atoms with van der Waals surface area (Å²) in [7, 11) is 0. The Labute approximate surface area is 125 Å². The van der Waals surface area contributed by atoms with E-state index in [0.717, 1.165) is 16.9 Å². The smallest absolute Gasteiger partial charge is 0.135 e. The van der Waals surface area contributed by atoms with E-state index in [1.807, 2.05) is 55.5 Å². The van der Waals surface area contributed by atoms with Crippen molar-refractivity contribution in [3.8, 4) is 23.3 Å². The molecule has 2 aromatic rings. The van der Waals surface area contributed by atoms with Crippen LogP contribution in [0.5, 0.6) is 11.5 Å². The molecule has 0 saturated carbocycles. The molecule has 0 aliphatic heterocycles. The first-order chi connectivity index (χ1) is 10.3. The van der Waals surface area contributed by atoms with Crippen LogP contribution in [-0.4, -0.2) is 24.9 Å². The number of para-hydroxylation sites is 1. The van der Waals surface area contributed by atoms with E-state index in [4.69, 9.17) is 14.6 Å². The minimum Gasteiger partial charge on any atom is -0.490 e. The first-order valence-corrected chi connectivity index (χ1v) is 6.80. The highest BCUT2D eigenvalue weighted by atomic mass is 16.5. The number of aryl methyl sites for hydroxylation is 1. The highest BCUT2D eigenvalue weighted by molar-refractivity contribution is 5.48. The van der Waals surface area contributed by atoms with E-state index in [1.165, 1.54) is 0 Å². The summed E-state index contributed by atoms with van der Waals surface area (Å²) in [5.41, 5.74) is 1.88. The summed E-state index contributed by atoms with van der Waals surface area (Å²) in [5.74, 6) is 7.07. The van der Waals surface area contributed by atoms with Gasteiger partial charge in [0.2, 0.25) is 0 Å². The van der Waals surface area contributed by atoms with Crippen molar-refractivity contribution in [1.82, 2.24) is 0 Å². The highest BCUT2D eigenvalue weighted by Gasteiger charge is 2.02. The van der Waals surface area contributed by atoms with Crippen LogP contribution < -0.4 is 9.47 Å². The number of benzene rings is 2. The van der Waals surface area contributed by atoms with Crippen molar-refractivity contribution >= 4 is 0 Å². The lowest BCUT2D eigenvalue weighted by Crippen LogP contribution is -2.09. The van der Waals surface area contributed by atoms with Gasteiger partial charge in [0.1, 0.15) is 31.3 Å². The number of hydrogen-bond donors (Lipinski definition) is 1. The van der Waals surface area contributed by atoms with Gasteiger partial charge in [-0.25, -0.2) is 0 Å². The highest BCUT2D eigenvalue weighted by Crippen LogP contribution is 2.19. The van der Waals surface area contributed by atoms with Crippen LogP contribution >= 0.6 is 0 Å². The molecule has 108 valence electrons. The van der Waals surface area contributed by atoms with Gasteiger partial charge in [-0.2, -0.15) is 0 Å². The molecule has 0 radical (unpaired) electrons. The summed E-state index contributed by atoms with van der Waals surface area (Å²) in [6.45, 7) is 2.73. The molecule has 3 heteroatoms. The van der Waals surface area contributed by atoms with Crippen molar-refractivity contribution in [2.24, 2.45) is 0 Å². The molecule has 0 unspecified atom stereocenters. The second-order valence-corrected chi connectivity index (χ2v) is 4.47. The van der Waals surface area contributed by atoms with E-state index in [0.29, 0.717) is 19.0 Å². The van der Waals surface area contributed by atoms with Gasteiger partial charge in [0.25, 0.3) is 0 Å². The first kappa shape index (κ1) is 15.0. The zero-order chi connectivity index (χ0) is 14.9. The third-order valence-electron chi connectivity index (χ3n) is 2.79. The summed E-state index contributed by atoms with van der Waals surface area (Å²) in [6.07, 6.45) is 0. The average molecular weight is 282 g/mol. The zero-order valence-electron chi connectivity index (χ0n) is 12.0. The molecule has 0 saturated heterocycles. The van der Waals surface area contributed by atoms with Gasteiger partial charge in [-0.1, -0.05) is 36.1 Å². The van der Waals surface area contributed by atoms with Gasteiger partial charge < -0.3 is 14.6 Å². The standard InChI is InChI=1S/C18H18O3/c1-15-9-10-18(16(14-15)6-5-11-19)21-13-12-20-17-7-3-2-4-8-17/h2-4,7-10,14,19H,11-13H2,1H3. The van der Waals surface area contributed by atoms with Crippen LogP contribution in [0.1, 0.15) is 11.1 Å². The Morgan fingerprint density at radius 1 is 1.00 bits per heavy atom. The van der Waals surface area contributed by atoms with Crippen molar-refractivity contribution in [1.29, 1.82) is 0 Å². The Morgan fingerprint density at radius 3 is 2.52 bits per heavy atom. The molecular formula is C18H18O3. The maximum Gasteiger partial charge on any atom is 0.135 e. The summed E-state index contributed by atoms with van der Waals surface area (Å²) >= 11 is 0. The van der Waals surface area contributed by atoms with E-state index < -0.39 is 0 Å². The molecule has 0 spiro atoms. The Bertz CT molecular complexity index is 624. The number of rotatable bonds is 5. The molecule has 21 heavy (non-hydrogen) atoms. The van der Waals surface area contributed by atoms with E-state index in [2.05, 4.69) is 11.8 Å². The third-order valence-corrected chi connectivity index (χ3v) is 2.79. The molecule has 0 heterocycles. The zero-order valence-corrected chi connectivity index (χ0v) is 12.0. The molecule has 2 aromatic carbocycles. The van der Waals surface area contributed by atoms with Crippen molar-refractivity contribution in [2.75, 3.05) is 19.8 Å². The second-order valence-electron chi connectivity index (χ2n) is 4.47. The van der Waals surface area contributed by atoms with Crippen LogP contribution in [0.2, 0.25) is 0 Å². The summed E-state index contributed by atoms with van der Waals surface area (Å²) in [4.78, 5) is 0. The molecule has 1 N–H and O–H groups in total. The van der Waals surface area contributed by atoms with Crippen molar-refractivity contribution in [3.05, 3.63) is 59.7 Å². The molecule has 0 aliphatic rings. The lowest BCUT2D eigenvalue weighted by atomic mass is 10.1. The van der Waals surface area contributed by atoms with E-state index >= 15 is 0 Å². The van der Waals surface area contributed by atoms with Gasteiger partial charge in [-0.15, -0.1) is 0 Å². The van der Waals surface area contributed by atoms with Gasteiger partial charge in [-0.05, 0) is 36.8 Å². The van der Waals surface area contributed by atoms with E-state index in [-0.39, 0.29) is 6.61 Å². The quantitative estimate of drug-likeness (QED) is 0.677. The molecule has 2 rings (SSSR count). The molecule has 0 aromatic heterocycles. The summed E-state index contributed by atoms with van der Waals surface area (Å²) in [5, 5.41) is 8.79. The average Bonchev–Trinajstić information content (AvgIpc) is 2.52. The summed E-state index contributed by atoms with van der Waals surface area (Å²) < 4.78 is 11.3. The molecule has 0 atom stereocenters. The number of aliphatic hydroxyl groups is 1. The molecule has 0 aliphatic carbocycles. The SMILES string of the molecule is Cc1ccc(OCCOc2ccccc2)c(C#CCO)c1. The maximum atomic E-state index is 8.79. The fourth-order valence-electron chi connectivity index (χ4n) is 1.83. The molecule has 3 nitrogen and oxygen atoms in total. The normalized spacial score (nSPS) is 9.62. The largest absolute Gasteiger partial charge is 0.490 e. The van der Waals surface area contributed by atoms with Crippen molar-refractivity contribution in [3.63, 3.8) is 0 Å². The predicted octanol–water partition coefficient (Wildman–Crippen LogP) is 2.80. The summed E-state index contributed by atoms with van der Waals surface area (Å²) in [6, 6.07) is 15.4. The fourth-order valence-corrected chi connectivity index (χ4v) is 1.83. The molecule has 0 fully saturated rings. The van der Waals surface area contributed by atoms with Crippen LogP contribution in [0.15, 0.2) is 48.5 Å². The van der Waals surface area contributed by atoms with Gasteiger partial charge in [0.05, 0.1) is 5.56 Å². The number of ether oxygens (including phenoxy) is 2. The second kappa shape index (κ2) is 7.98. The van der Waals surface area contributed by atoms with Gasteiger partial charge in [-0.3, -0.25) is 0 Å². The van der Waals surface area contributed by atoms with Crippen LogP contribution in [0.25, 0.3) is 0 Å². The van der Waals surface area contributed by atoms with Gasteiger partial charge >= 0.3 is 0 Å². The maximum absolute atomic E-state index is 8.79. The Hall–Kier alpha value is -2.44. The van der Waals surface area contributed by atoms with Crippen LogP contribution in [-0.2, 0) is 0 Å². The minimum absolute atomic E-state index is 0.162. The topological polar surface area (TPSA) is 38.7 Å². The Balaban J connectivity index is 1.91. The van der Waals surface area contributed by atoms with Crippen LogP contribution in [0.4, 0.5) is 0 Å². The third kappa shape index (κ3) is 4.87. The van der Waals surface area contributed by atoms with Crippen molar-refractivity contribution < 1.29 is 14.6 Å². The van der Waals surface area contributed by atoms with E-state index in [1.54, 1.807) is 0 Å². The monoisotopic (exact) mass is 282 g/mol. The Kier molecular flexibility index (Phi) is 5.69. The van der Waals surface area contributed by atoms with Crippen LogP contribution in [0.3, 0.4) is 0 Å². The molecule has 0 amide bonds. The predicted molar refractivity (Wildman–Crippen MR) is 82.6 cm³/mol. The fraction of sp³-hybridized carbons (Fsp3) is 0.222.